The molecule has 4 heterocycles. The van der Waals surface area contributed by atoms with Gasteiger partial charge >= 0.3 is 0 Å². The monoisotopic (exact) mass is 573 g/mol. The predicted octanol–water partition coefficient (Wildman–Crippen LogP) is 5.58. The van der Waals surface area contributed by atoms with Crippen LogP contribution < -0.4 is 0 Å². The number of amides is 2. The first-order valence-electron chi connectivity index (χ1n) is 13.7. The largest absolute Gasteiger partial charge is 0.343 e. The molecule has 0 bridgehead atoms. The molecule has 0 N–H and O–H groups in total. The van der Waals surface area contributed by atoms with Gasteiger partial charge in [-0.3, -0.25) is 14.5 Å². The average molecular weight is 574 g/mol. The van der Waals surface area contributed by atoms with Crippen LogP contribution in [0.15, 0.2) is 77.6 Å². The Hall–Kier alpha value is -3.53. The molecule has 208 valence electrons. The number of hydrogen-bond donors (Lipinski definition) is 0. The minimum absolute atomic E-state index is 0.00497. The fraction of sp³-hybridized carbons (Fsp3) is 0.323. The maximum Gasteiger partial charge on any atom is 0.273 e. The predicted molar refractivity (Wildman–Crippen MR) is 163 cm³/mol. The van der Waals surface area contributed by atoms with Gasteiger partial charge in [-0.25, -0.2) is 4.98 Å². The molecule has 1 aliphatic heterocycles. The third kappa shape index (κ3) is 7.15. The second kappa shape index (κ2) is 13.7. The quantitative estimate of drug-likeness (QED) is 0.235. The molecule has 2 amide bonds. The summed E-state index contributed by atoms with van der Waals surface area (Å²) in [7, 11) is 0. The summed E-state index contributed by atoms with van der Waals surface area (Å²) >= 11 is 2.99. The van der Waals surface area contributed by atoms with Crippen molar-refractivity contribution in [1.29, 1.82) is 0 Å². The van der Waals surface area contributed by atoms with Crippen LogP contribution in [0.3, 0.4) is 0 Å². The smallest absolute Gasteiger partial charge is 0.273 e. The second-order valence-electron chi connectivity index (χ2n) is 9.86. The molecule has 0 radical (unpaired) electrons. The SMILES string of the molecule is CCCN(Cc1cccn1Cc1nc(C(=O)N2CCN(CC=Cc3ccccc3)CC2)cs1)C(=O)c1cccs1. The van der Waals surface area contributed by atoms with Crippen LogP contribution in [0.25, 0.3) is 6.08 Å². The molecule has 1 aromatic carbocycles. The summed E-state index contributed by atoms with van der Waals surface area (Å²) in [5, 5.41) is 4.70. The Morgan fingerprint density at radius 1 is 1.00 bits per heavy atom. The van der Waals surface area contributed by atoms with E-state index in [1.807, 2.05) is 63.2 Å². The highest BCUT2D eigenvalue weighted by molar-refractivity contribution is 7.12. The highest BCUT2D eigenvalue weighted by Crippen LogP contribution is 2.19. The van der Waals surface area contributed by atoms with Gasteiger partial charge in [0.15, 0.2) is 0 Å². The van der Waals surface area contributed by atoms with Crippen molar-refractivity contribution in [3.05, 3.63) is 104 Å². The zero-order valence-electron chi connectivity index (χ0n) is 22.8. The molecule has 5 rings (SSSR count). The van der Waals surface area contributed by atoms with Crippen LogP contribution in [0.1, 0.15) is 49.8 Å². The molecule has 0 spiro atoms. The zero-order valence-corrected chi connectivity index (χ0v) is 24.4. The number of rotatable bonds is 11. The van der Waals surface area contributed by atoms with Gasteiger partial charge in [-0.15, -0.1) is 22.7 Å². The van der Waals surface area contributed by atoms with E-state index in [1.165, 1.54) is 28.2 Å². The van der Waals surface area contributed by atoms with Crippen LogP contribution in [0.2, 0.25) is 0 Å². The lowest BCUT2D eigenvalue weighted by Crippen LogP contribution is -2.48. The first-order chi connectivity index (χ1) is 19.6. The number of thiophene rings is 1. The Balaban J connectivity index is 1.14. The first kappa shape index (κ1) is 28.0. The lowest BCUT2D eigenvalue weighted by molar-refractivity contribution is 0.0644. The Bertz CT molecular complexity index is 1400. The Labute approximate surface area is 244 Å². The summed E-state index contributed by atoms with van der Waals surface area (Å²) in [6.07, 6.45) is 7.25. The van der Waals surface area contributed by atoms with Gasteiger partial charge in [-0.05, 0) is 35.6 Å². The first-order valence-corrected chi connectivity index (χ1v) is 15.5. The molecule has 4 aromatic rings. The van der Waals surface area contributed by atoms with Crippen molar-refractivity contribution in [3.8, 4) is 0 Å². The molecule has 0 atom stereocenters. The molecule has 1 aliphatic rings. The molecule has 1 saturated heterocycles. The molecule has 0 unspecified atom stereocenters. The normalized spacial score (nSPS) is 14.2. The van der Waals surface area contributed by atoms with Gasteiger partial charge < -0.3 is 14.4 Å². The highest BCUT2D eigenvalue weighted by Gasteiger charge is 2.24. The minimum Gasteiger partial charge on any atom is -0.343 e. The molecule has 9 heteroatoms. The van der Waals surface area contributed by atoms with E-state index < -0.39 is 0 Å². The number of carbonyl (C=O) groups excluding carboxylic acids is 2. The van der Waals surface area contributed by atoms with Gasteiger partial charge in [-0.1, -0.05) is 55.5 Å². The second-order valence-corrected chi connectivity index (χ2v) is 11.8. The summed E-state index contributed by atoms with van der Waals surface area (Å²) in [5.41, 5.74) is 2.78. The van der Waals surface area contributed by atoms with Crippen molar-refractivity contribution in [2.75, 3.05) is 39.3 Å². The van der Waals surface area contributed by atoms with Crippen molar-refractivity contribution in [2.24, 2.45) is 0 Å². The summed E-state index contributed by atoms with van der Waals surface area (Å²) in [6, 6.07) is 18.2. The fourth-order valence-corrected chi connectivity index (χ4v) is 6.30. The van der Waals surface area contributed by atoms with E-state index in [0.717, 1.165) is 41.6 Å². The van der Waals surface area contributed by atoms with Gasteiger partial charge in [-0.2, -0.15) is 0 Å². The van der Waals surface area contributed by atoms with E-state index in [-0.39, 0.29) is 11.8 Å². The Kier molecular flexibility index (Phi) is 9.59. The van der Waals surface area contributed by atoms with Crippen LogP contribution in [0.4, 0.5) is 0 Å². The van der Waals surface area contributed by atoms with Crippen LogP contribution in [0.5, 0.6) is 0 Å². The zero-order chi connectivity index (χ0) is 27.7. The van der Waals surface area contributed by atoms with Crippen molar-refractivity contribution < 1.29 is 9.59 Å². The summed E-state index contributed by atoms with van der Waals surface area (Å²) in [4.78, 5) is 37.9. The standard InChI is InChI=1S/C31H35N5O2S2/c1-2-14-36(31(38)28-13-8-21-39-28)22-26-12-7-16-35(26)23-29-32-27(24-40-29)30(37)34-19-17-33(18-20-34)15-6-11-25-9-4-3-5-10-25/h3-13,16,21,24H,2,14-15,17-20,22-23H2,1H3. The Morgan fingerprint density at radius 3 is 2.58 bits per heavy atom. The fourth-order valence-electron chi connectivity index (χ4n) is 4.85. The van der Waals surface area contributed by atoms with Crippen molar-refractivity contribution in [3.63, 3.8) is 0 Å². The van der Waals surface area contributed by atoms with Crippen molar-refractivity contribution in [2.45, 2.75) is 26.4 Å². The third-order valence-corrected chi connectivity index (χ3v) is 8.69. The van der Waals surface area contributed by atoms with E-state index in [2.05, 4.69) is 46.7 Å². The lowest BCUT2D eigenvalue weighted by Gasteiger charge is -2.33. The van der Waals surface area contributed by atoms with E-state index in [4.69, 9.17) is 4.98 Å². The number of benzene rings is 1. The molecule has 0 aliphatic carbocycles. The molecular formula is C31H35N5O2S2. The van der Waals surface area contributed by atoms with E-state index in [1.54, 1.807) is 0 Å². The van der Waals surface area contributed by atoms with Crippen LogP contribution in [-0.4, -0.2) is 75.3 Å². The topological polar surface area (TPSA) is 61.7 Å². The van der Waals surface area contributed by atoms with Gasteiger partial charge in [0.1, 0.15) is 10.7 Å². The van der Waals surface area contributed by atoms with Gasteiger partial charge in [0.05, 0.1) is 18.0 Å². The minimum atomic E-state index is 0.00497. The molecule has 40 heavy (non-hydrogen) atoms. The van der Waals surface area contributed by atoms with E-state index in [9.17, 15) is 9.59 Å². The van der Waals surface area contributed by atoms with E-state index >= 15 is 0 Å². The van der Waals surface area contributed by atoms with Crippen molar-refractivity contribution >= 4 is 40.6 Å². The van der Waals surface area contributed by atoms with Crippen molar-refractivity contribution in [1.82, 2.24) is 24.3 Å². The molecular weight excluding hydrogens is 539 g/mol. The van der Waals surface area contributed by atoms with Gasteiger partial charge in [0.2, 0.25) is 0 Å². The van der Waals surface area contributed by atoms with Crippen LogP contribution >= 0.6 is 22.7 Å². The number of aromatic nitrogens is 2. The van der Waals surface area contributed by atoms with Crippen LogP contribution in [0, 0.1) is 0 Å². The maximum absolute atomic E-state index is 13.2. The number of hydrogen-bond acceptors (Lipinski definition) is 6. The van der Waals surface area contributed by atoms with Crippen LogP contribution in [-0.2, 0) is 13.1 Å². The highest BCUT2D eigenvalue weighted by atomic mass is 32.1. The Morgan fingerprint density at radius 2 is 1.82 bits per heavy atom. The number of carbonyl (C=O) groups is 2. The average Bonchev–Trinajstić information content (AvgIpc) is 3.77. The van der Waals surface area contributed by atoms with E-state index in [0.29, 0.717) is 38.4 Å². The summed E-state index contributed by atoms with van der Waals surface area (Å²) in [5.74, 6) is 0.0735. The number of piperazine rings is 1. The van der Waals surface area contributed by atoms with Gasteiger partial charge in [0.25, 0.3) is 11.8 Å². The number of thiazole rings is 1. The number of nitrogens with zero attached hydrogens (tertiary/aromatic N) is 5. The molecule has 1 fully saturated rings. The summed E-state index contributed by atoms with van der Waals surface area (Å²) in [6.45, 7) is 7.91. The lowest BCUT2D eigenvalue weighted by atomic mass is 10.2. The van der Waals surface area contributed by atoms with Gasteiger partial charge in [0, 0.05) is 56.5 Å². The summed E-state index contributed by atoms with van der Waals surface area (Å²) < 4.78 is 2.12. The molecule has 0 saturated carbocycles. The molecule has 7 nitrogen and oxygen atoms in total. The molecule has 3 aromatic heterocycles. The third-order valence-electron chi connectivity index (χ3n) is 7.00. The maximum atomic E-state index is 13.2.